The van der Waals surface area contributed by atoms with Gasteiger partial charge in [-0.2, -0.15) is 0 Å². The Labute approximate surface area is 92.6 Å². The van der Waals surface area contributed by atoms with Crippen molar-refractivity contribution in [2.24, 2.45) is 17.4 Å². The molecule has 1 aliphatic carbocycles. The van der Waals surface area contributed by atoms with Gasteiger partial charge in [0, 0.05) is 25.2 Å². The third kappa shape index (κ3) is 3.09. The molecule has 1 saturated carbocycles. The topological polar surface area (TPSA) is 55.3 Å². The van der Waals surface area contributed by atoms with Gasteiger partial charge in [-0.1, -0.05) is 0 Å². The zero-order chi connectivity index (χ0) is 9.26. The van der Waals surface area contributed by atoms with Crippen molar-refractivity contribution in [3.8, 4) is 0 Å². The summed E-state index contributed by atoms with van der Waals surface area (Å²) >= 11 is 0. The summed E-state index contributed by atoms with van der Waals surface area (Å²) in [4.78, 5) is 2.51. The van der Waals surface area contributed by atoms with E-state index in [1.54, 1.807) is 0 Å². The first kappa shape index (κ1) is 12.2. The fourth-order valence-electron chi connectivity index (χ4n) is 2.67. The maximum Gasteiger partial charge on any atom is 0.0180 e. The van der Waals surface area contributed by atoms with Crippen LogP contribution >= 0.6 is 12.4 Å². The summed E-state index contributed by atoms with van der Waals surface area (Å²) in [7, 11) is 0. The highest BCUT2D eigenvalue weighted by atomic mass is 35.5. The molecule has 0 amide bonds. The third-order valence-corrected chi connectivity index (χ3v) is 3.41. The molecule has 2 fully saturated rings. The molecule has 0 bridgehead atoms. The van der Waals surface area contributed by atoms with Crippen LogP contribution in [0.5, 0.6) is 0 Å². The lowest BCUT2D eigenvalue weighted by Crippen LogP contribution is -2.30. The molecule has 1 saturated heterocycles. The lowest BCUT2D eigenvalue weighted by atomic mass is 10.1. The lowest BCUT2D eigenvalue weighted by Gasteiger charge is -2.19. The van der Waals surface area contributed by atoms with Gasteiger partial charge in [-0.25, -0.2) is 0 Å². The van der Waals surface area contributed by atoms with Crippen LogP contribution in [0.4, 0.5) is 0 Å². The molecule has 1 heterocycles. The molecule has 0 aromatic carbocycles. The molecule has 2 aliphatic rings. The minimum absolute atomic E-state index is 0. The molecule has 0 aromatic rings. The Morgan fingerprint density at radius 2 is 1.86 bits per heavy atom. The van der Waals surface area contributed by atoms with Crippen LogP contribution in [-0.2, 0) is 0 Å². The monoisotopic (exact) mass is 219 g/mol. The van der Waals surface area contributed by atoms with Gasteiger partial charge in [0.2, 0.25) is 0 Å². The summed E-state index contributed by atoms with van der Waals surface area (Å²) in [5, 5.41) is 0. The first-order chi connectivity index (χ1) is 6.24. The molecule has 3 atom stereocenters. The van der Waals surface area contributed by atoms with E-state index in [1.807, 2.05) is 0 Å². The van der Waals surface area contributed by atoms with Crippen LogP contribution in [0, 0.1) is 5.92 Å². The smallest absolute Gasteiger partial charge is 0.0180 e. The molecule has 0 aromatic heterocycles. The standard InChI is InChI=1S/C10H21N3.ClH/c11-9-2-1-8(5-9)6-13-4-3-10(12)7-13;/h8-10H,1-7,11-12H2;1H/t8?,9?,10-;/m1./s1. The fraction of sp³-hybridized carbons (Fsp3) is 1.00. The third-order valence-electron chi connectivity index (χ3n) is 3.41. The highest BCUT2D eigenvalue weighted by Crippen LogP contribution is 2.25. The van der Waals surface area contributed by atoms with Crippen molar-refractivity contribution in [3.63, 3.8) is 0 Å². The van der Waals surface area contributed by atoms with E-state index in [-0.39, 0.29) is 12.4 Å². The first-order valence-corrected chi connectivity index (χ1v) is 5.47. The molecule has 1 aliphatic heterocycles. The minimum atomic E-state index is 0. The van der Waals surface area contributed by atoms with Crippen LogP contribution in [0.25, 0.3) is 0 Å². The van der Waals surface area contributed by atoms with E-state index in [9.17, 15) is 0 Å². The molecule has 84 valence electrons. The Bertz CT molecular complexity index is 159. The van der Waals surface area contributed by atoms with Crippen LogP contribution in [0.3, 0.4) is 0 Å². The van der Waals surface area contributed by atoms with Gasteiger partial charge in [0.05, 0.1) is 0 Å². The zero-order valence-corrected chi connectivity index (χ0v) is 9.51. The van der Waals surface area contributed by atoms with E-state index < -0.39 is 0 Å². The highest BCUT2D eigenvalue weighted by molar-refractivity contribution is 5.85. The maximum atomic E-state index is 5.88. The van der Waals surface area contributed by atoms with Gasteiger partial charge in [0.1, 0.15) is 0 Å². The number of nitrogens with zero attached hydrogens (tertiary/aromatic N) is 1. The van der Waals surface area contributed by atoms with Crippen molar-refractivity contribution >= 4 is 12.4 Å². The molecule has 3 nitrogen and oxygen atoms in total. The molecular formula is C10H22ClN3. The van der Waals surface area contributed by atoms with Gasteiger partial charge in [-0.3, -0.25) is 0 Å². The zero-order valence-electron chi connectivity index (χ0n) is 8.69. The van der Waals surface area contributed by atoms with Crippen molar-refractivity contribution < 1.29 is 0 Å². The molecule has 14 heavy (non-hydrogen) atoms. The number of hydrogen-bond donors (Lipinski definition) is 2. The molecular weight excluding hydrogens is 198 g/mol. The summed E-state index contributed by atoms with van der Waals surface area (Å²) < 4.78 is 0. The highest BCUT2D eigenvalue weighted by Gasteiger charge is 2.26. The molecule has 2 rings (SSSR count). The van der Waals surface area contributed by atoms with E-state index in [1.165, 1.54) is 38.8 Å². The van der Waals surface area contributed by atoms with Crippen molar-refractivity contribution in [1.29, 1.82) is 0 Å². The number of likely N-dealkylation sites (tertiary alicyclic amines) is 1. The normalized spacial score (nSPS) is 38.6. The summed E-state index contributed by atoms with van der Waals surface area (Å²) in [6.45, 7) is 3.54. The van der Waals surface area contributed by atoms with Crippen LogP contribution in [0.1, 0.15) is 25.7 Å². The Morgan fingerprint density at radius 1 is 1.07 bits per heavy atom. The first-order valence-electron chi connectivity index (χ1n) is 5.47. The average molecular weight is 220 g/mol. The number of rotatable bonds is 2. The quantitative estimate of drug-likeness (QED) is 0.714. The summed E-state index contributed by atoms with van der Waals surface area (Å²) in [6.07, 6.45) is 4.96. The predicted octanol–water partition coefficient (Wildman–Crippen LogP) is 0.569. The number of hydrogen-bond acceptors (Lipinski definition) is 3. The van der Waals surface area contributed by atoms with Crippen molar-refractivity contribution in [1.82, 2.24) is 4.90 Å². The second-order valence-corrected chi connectivity index (χ2v) is 4.75. The fourth-order valence-corrected chi connectivity index (χ4v) is 2.67. The van der Waals surface area contributed by atoms with Gasteiger partial charge in [0.25, 0.3) is 0 Å². The van der Waals surface area contributed by atoms with Gasteiger partial charge in [-0.05, 0) is 38.1 Å². The molecule has 4 heteroatoms. The Balaban J connectivity index is 0.000000980. The van der Waals surface area contributed by atoms with E-state index in [0.717, 1.165) is 12.5 Å². The number of nitrogens with two attached hydrogens (primary N) is 2. The average Bonchev–Trinajstić information content (AvgIpc) is 2.62. The van der Waals surface area contributed by atoms with Crippen LogP contribution < -0.4 is 11.5 Å². The second kappa shape index (κ2) is 5.31. The van der Waals surface area contributed by atoms with E-state index in [4.69, 9.17) is 11.5 Å². The summed E-state index contributed by atoms with van der Waals surface area (Å²) in [5.41, 5.74) is 11.7. The van der Waals surface area contributed by atoms with Crippen LogP contribution in [0.15, 0.2) is 0 Å². The molecule has 0 radical (unpaired) electrons. The number of halogens is 1. The SMILES string of the molecule is Cl.NC1CCC(CN2CC[C@@H](N)C2)C1. The van der Waals surface area contributed by atoms with Gasteiger partial charge in [-0.15, -0.1) is 12.4 Å². The Kier molecular flexibility index (Phi) is 4.64. The molecule has 0 spiro atoms. The van der Waals surface area contributed by atoms with Gasteiger partial charge < -0.3 is 16.4 Å². The minimum Gasteiger partial charge on any atom is -0.328 e. The maximum absolute atomic E-state index is 5.88. The summed E-state index contributed by atoms with van der Waals surface area (Å²) in [5.74, 6) is 0.847. The van der Waals surface area contributed by atoms with Crippen LogP contribution in [-0.4, -0.2) is 36.6 Å². The second-order valence-electron chi connectivity index (χ2n) is 4.75. The predicted molar refractivity (Wildman–Crippen MR) is 61.6 cm³/mol. The van der Waals surface area contributed by atoms with E-state index in [0.29, 0.717) is 12.1 Å². The van der Waals surface area contributed by atoms with E-state index >= 15 is 0 Å². The lowest BCUT2D eigenvalue weighted by molar-refractivity contribution is 0.276. The van der Waals surface area contributed by atoms with Crippen molar-refractivity contribution in [3.05, 3.63) is 0 Å². The van der Waals surface area contributed by atoms with Gasteiger partial charge >= 0.3 is 0 Å². The van der Waals surface area contributed by atoms with Gasteiger partial charge in [0.15, 0.2) is 0 Å². The summed E-state index contributed by atoms with van der Waals surface area (Å²) in [6, 6.07) is 0.899. The molecule has 4 N–H and O–H groups in total. The van der Waals surface area contributed by atoms with E-state index in [2.05, 4.69) is 4.90 Å². The largest absolute Gasteiger partial charge is 0.328 e. The Hall–Kier alpha value is 0.170. The van der Waals surface area contributed by atoms with Crippen molar-refractivity contribution in [2.45, 2.75) is 37.8 Å². The molecule has 2 unspecified atom stereocenters. The van der Waals surface area contributed by atoms with Crippen LogP contribution in [0.2, 0.25) is 0 Å². The van der Waals surface area contributed by atoms with Crippen molar-refractivity contribution in [2.75, 3.05) is 19.6 Å². The Morgan fingerprint density at radius 3 is 2.36 bits per heavy atom.